The van der Waals surface area contributed by atoms with E-state index >= 15 is 0 Å². The number of nitrogens with zero attached hydrogens (tertiary/aromatic N) is 2. The van der Waals surface area contributed by atoms with Crippen molar-refractivity contribution in [3.63, 3.8) is 0 Å². The molecule has 118 valence electrons. The van der Waals surface area contributed by atoms with Crippen LogP contribution in [0.4, 0.5) is 11.4 Å². The molecule has 0 aliphatic rings. The highest BCUT2D eigenvalue weighted by Gasteiger charge is 2.15. The fourth-order valence-corrected chi connectivity index (χ4v) is 2.15. The second kappa shape index (κ2) is 8.56. The second-order valence-electron chi connectivity index (χ2n) is 4.94. The van der Waals surface area contributed by atoms with E-state index in [9.17, 15) is 15.2 Å². The molecule has 0 spiro atoms. The first-order valence-corrected chi connectivity index (χ1v) is 6.84. The number of nitrogens with one attached hydrogen (secondary N) is 1. The maximum Gasteiger partial charge on any atom is 0.292 e. The maximum absolute atomic E-state index is 11.0. The number of benzene rings is 1. The normalized spacial score (nSPS) is 12.4. The van der Waals surface area contributed by atoms with Crippen LogP contribution >= 0.6 is 0 Å². The molecule has 0 aromatic heterocycles. The van der Waals surface area contributed by atoms with Gasteiger partial charge in [0.2, 0.25) is 0 Å². The number of rotatable bonds is 9. The Kier molecular flexibility index (Phi) is 7.07. The minimum Gasteiger partial charge on any atom is -0.389 e. The number of nitro benzene ring substituents is 1. The Morgan fingerprint density at radius 3 is 2.81 bits per heavy atom. The van der Waals surface area contributed by atoms with Crippen molar-refractivity contribution in [3.8, 4) is 0 Å². The molecule has 1 unspecified atom stereocenters. The molecule has 21 heavy (non-hydrogen) atoms. The van der Waals surface area contributed by atoms with Crippen LogP contribution in [0.3, 0.4) is 0 Å². The first kappa shape index (κ1) is 17.4. The van der Waals surface area contributed by atoms with E-state index in [1.165, 1.54) is 6.07 Å². The first-order chi connectivity index (χ1) is 9.97. The van der Waals surface area contributed by atoms with Gasteiger partial charge in [-0.2, -0.15) is 0 Å². The first-order valence-electron chi connectivity index (χ1n) is 6.84. The summed E-state index contributed by atoms with van der Waals surface area (Å²) in [7, 11) is 3.43. The molecule has 0 saturated carbocycles. The van der Waals surface area contributed by atoms with Crippen LogP contribution in [0.1, 0.15) is 12.5 Å². The van der Waals surface area contributed by atoms with Crippen molar-refractivity contribution < 1.29 is 14.8 Å². The average molecular weight is 297 g/mol. The molecule has 0 fully saturated rings. The Hall–Kier alpha value is -1.70. The number of ether oxygens (including phenoxy) is 1. The number of hydrogen-bond acceptors (Lipinski definition) is 6. The Balaban J connectivity index is 2.75. The van der Waals surface area contributed by atoms with E-state index in [1.807, 2.05) is 18.9 Å². The van der Waals surface area contributed by atoms with Gasteiger partial charge in [0.1, 0.15) is 5.69 Å². The highest BCUT2D eigenvalue weighted by molar-refractivity contribution is 5.62. The molecule has 0 aliphatic heterocycles. The molecule has 2 N–H and O–H groups in total. The zero-order valence-electron chi connectivity index (χ0n) is 12.7. The molecule has 0 radical (unpaired) electrons. The predicted octanol–water partition coefficient (Wildman–Crippen LogP) is 1.47. The standard InChI is InChI=1S/C14H23N3O4/c1-4-15-13-7-11(5-6-14(13)17(19)20)8-16(2)9-12(18)10-21-3/h5-7,12,15,18H,4,8-10H2,1-3H3. The quantitative estimate of drug-likeness (QED) is 0.530. The highest BCUT2D eigenvalue weighted by Crippen LogP contribution is 2.25. The Morgan fingerprint density at radius 1 is 1.52 bits per heavy atom. The van der Waals surface area contributed by atoms with Gasteiger partial charge in [0.05, 0.1) is 17.6 Å². The number of aliphatic hydroxyl groups is 1. The third-order valence-electron chi connectivity index (χ3n) is 2.96. The third kappa shape index (κ3) is 5.66. The van der Waals surface area contributed by atoms with Gasteiger partial charge in [0.15, 0.2) is 0 Å². The van der Waals surface area contributed by atoms with Crippen LogP contribution in [0.25, 0.3) is 0 Å². The van der Waals surface area contributed by atoms with E-state index in [0.717, 1.165) is 5.56 Å². The van der Waals surface area contributed by atoms with Crippen molar-refractivity contribution in [2.75, 3.05) is 39.2 Å². The lowest BCUT2D eigenvalue weighted by molar-refractivity contribution is -0.384. The average Bonchev–Trinajstić information content (AvgIpc) is 2.38. The summed E-state index contributed by atoms with van der Waals surface area (Å²) in [4.78, 5) is 12.5. The summed E-state index contributed by atoms with van der Waals surface area (Å²) < 4.78 is 4.89. The summed E-state index contributed by atoms with van der Waals surface area (Å²) >= 11 is 0. The number of hydrogen-bond donors (Lipinski definition) is 2. The van der Waals surface area contributed by atoms with Crippen LogP contribution in [0, 0.1) is 10.1 Å². The van der Waals surface area contributed by atoms with Crippen LogP contribution in [-0.2, 0) is 11.3 Å². The van der Waals surface area contributed by atoms with E-state index in [0.29, 0.717) is 25.3 Å². The van der Waals surface area contributed by atoms with E-state index in [1.54, 1.807) is 19.2 Å². The van der Waals surface area contributed by atoms with E-state index in [-0.39, 0.29) is 12.3 Å². The van der Waals surface area contributed by atoms with Crippen LogP contribution < -0.4 is 5.32 Å². The molecule has 0 heterocycles. The number of methoxy groups -OCH3 is 1. The molecule has 7 nitrogen and oxygen atoms in total. The fourth-order valence-electron chi connectivity index (χ4n) is 2.15. The zero-order chi connectivity index (χ0) is 15.8. The number of likely N-dealkylation sites (N-methyl/N-ethyl adjacent to an activating group) is 1. The maximum atomic E-state index is 11.0. The summed E-state index contributed by atoms with van der Waals surface area (Å²) in [5.41, 5.74) is 1.54. The van der Waals surface area contributed by atoms with E-state index in [4.69, 9.17) is 4.74 Å². The van der Waals surface area contributed by atoms with Crippen molar-refractivity contribution in [2.45, 2.75) is 19.6 Å². The van der Waals surface area contributed by atoms with Crippen molar-refractivity contribution in [1.82, 2.24) is 4.90 Å². The van der Waals surface area contributed by atoms with Gasteiger partial charge in [-0.15, -0.1) is 0 Å². The molecule has 7 heteroatoms. The number of anilines is 1. The lowest BCUT2D eigenvalue weighted by atomic mass is 10.1. The molecule has 0 bridgehead atoms. The zero-order valence-corrected chi connectivity index (χ0v) is 12.7. The molecular weight excluding hydrogens is 274 g/mol. The monoisotopic (exact) mass is 297 g/mol. The molecule has 1 rings (SSSR count). The smallest absolute Gasteiger partial charge is 0.292 e. The van der Waals surface area contributed by atoms with Gasteiger partial charge in [-0.1, -0.05) is 6.07 Å². The van der Waals surface area contributed by atoms with Crippen molar-refractivity contribution in [3.05, 3.63) is 33.9 Å². The van der Waals surface area contributed by atoms with Crippen molar-refractivity contribution in [2.24, 2.45) is 0 Å². The van der Waals surface area contributed by atoms with Crippen LogP contribution in [0.2, 0.25) is 0 Å². The van der Waals surface area contributed by atoms with Gasteiger partial charge >= 0.3 is 0 Å². The largest absolute Gasteiger partial charge is 0.389 e. The van der Waals surface area contributed by atoms with Crippen molar-refractivity contribution >= 4 is 11.4 Å². The summed E-state index contributed by atoms with van der Waals surface area (Å²) in [5, 5.41) is 23.6. The van der Waals surface area contributed by atoms with Gasteiger partial charge in [-0.05, 0) is 25.6 Å². The van der Waals surface area contributed by atoms with Crippen molar-refractivity contribution in [1.29, 1.82) is 0 Å². The summed E-state index contributed by atoms with van der Waals surface area (Å²) in [5.74, 6) is 0. The van der Waals surface area contributed by atoms with E-state index in [2.05, 4.69) is 5.32 Å². The van der Waals surface area contributed by atoms with Gasteiger partial charge in [0.25, 0.3) is 5.69 Å². The van der Waals surface area contributed by atoms with Crippen LogP contribution in [0.5, 0.6) is 0 Å². The van der Waals surface area contributed by atoms with E-state index < -0.39 is 11.0 Å². The molecule has 1 aromatic carbocycles. The molecule has 0 amide bonds. The molecule has 0 saturated heterocycles. The van der Waals surface area contributed by atoms with Crippen LogP contribution in [0.15, 0.2) is 18.2 Å². The van der Waals surface area contributed by atoms with Crippen LogP contribution in [-0.4, -0.2) is 54.9 Å². The highest BCUT2D eigenvalue weighted by atomic mass is 16.6. The minimum absolute atomic E-state index is 0.0719. The number of aliphatic hydroxyl groups excluding tert-OH is 1. The summed E-state index contributed by atoms with van der Waals surface area (Å²) in [6.45, 7) is 3.86. The Morgan fingerprint density at radius 2 is 2.24 bits per heavy atom. The fraction of sp³-hybridized carbons (Fsp3) is 0.571. The SMILES string of the molecule is CCNc1cc(CN(C)CC(O)COC)ccc1[N+](=O)[O-]. The van der Waals surface area contributed by atoms with Gasteiger partial charge in [0, 0.05) is 32.8 Å². The number of nitro groups is 1. The lowest BCUT2D eigenvalue weighted by Gasteiger charge is -2.20. The molecule has 0 aliphatic carbocycles. The second-order valence-corrected chi connectivity index (χ2v) is 4.94. The summed E-state index contributed by atoms with van der Waals surface area (Å²) in [6.07, 6.45) is -0.550. The van der Waals surface area contributed by atoms with Gasteiger partial charge in [-0.25, -0.2) is 0 Å². The summed E-state index contributed by atoms with van der Waals surface area (Å²) in [6, 6.07) is 5.02. The van der Waals surface area contributed by atoms with Gasteiger partial charge < -0.3 is 15.2 Å². The third-order valence-corrected chi connectivity index (χ3v) is 2.96. The Labute approximate surface area is 124 Å². The molecule has 1 atom stereocenters. The minimum atomic E-state index is -0.550. The molecule has 1 aromatic rings. The lowest BCUT2D eigenvalue weighted by Crippen LogP contribution is -2.31. The topological polar surface area (TPSA) is 87.9 Å². The predicted molar refractivity (Wildman–Crippen MR) is 81.5 cm³/mol. The Bertz CT molecular complexity index is 468. The molecular formula is C14H23N3O4. The van der Waals surface area contributed by atoms with Gasteiger partial charge in [-0.3, -0.25) is 15.0 Å².